The van der Waals surface area contributed by atoms with Gasteiger partial charge in [-0.05, 0) is 29.2 Å². The van der Waals surface area contributed by atoms with Crippen molar-refractivity contribution >= 4 is 18.1 Å². The molecule has 1 aliphatic carbocycles. The Hall–Kier alpha value is -1.47. The van der Waals surface area contributed by atoms with Crippen molar-refractivity contribution in [2.45, 2.75) is 6.42 Å². The Morgan fingerprint density at radius 3 is 2.47 bits per heavy atom. The van der Waals surface area contributed by atoms with Gasteiger partial charge < -0.3 is 5.73 Å². The molecule has 0 heterocycles. The Labute approximate surface area is 95.3 Å². The average Bonchev–Trinajstić information content (AvgIpc) is 2.57. The van der Waals surface area contributed by atoms with Gasteiger partial charge in [-0.2, -0.15) is 0 Å². The summed E-state index contributed by atoms with van der Waals surface area (Å²) in [5.41, 5.74) is 12.2. The van der Waals surface area contributed by atoms with Gasteiger partial charge in [-0.3, -0.25) is 0 Å². The van der Waals surface area contributed by atoms with Gasteiger partial charge in [-0.15, -0.1) is 12.4 Å². The number of anilines is 1. The molecule has 0 fully saturated rings. The molecule has 0 atom stereocenters. The molecule has 0 saturated carbocycles. The molecule has 2 aromatic carbocycles. The zero-order valence-electron chi connectivity index (χ0n) is 8.23. The fourth-order valence-corrected chi connectivity index (χ4v) is 2.22. The third kappa shape index (κ3) is 1.40. The fraction of sp³-hybridized carbons (Fsp3) is 0.0769. The van der Waals surface area contributed by atoms with Crippen molar-refractivity contribution in [3.63, 3.8) is 0 Å². The maximum Gasteiger partial charge on any atom is 0.0396 e. The molecule has 15 heavy (non-hydrogen) atoms. The molecule has 2 N–H and O–H groups in total. The van der Waals surface area contributed by atoms with E-state index in [2.05, 4.69) is 30.3 Å². The van der Waals surface area contributed by atoms with Gasteiger partial charge in [0.05, 0.1) is 0 Å². The molecule has 76 valence electrons. The van der Waals surface area contributed by atoms with E-state index in [1.807, 2.05) is 12.1 Å². The minimum atomic E-state index is 0. The molecule has 0 aliphatic heterocycles. The van der Waals surface area contributed by atoms with E-state index in [4.69, 9.17) is 5.73 Å². The first kappa shape index (κ1) is 10.1. The normalized spacial score (nSPS) is 11.5. The van der Waals surface area contributed by atoms with Gasteiger partial charge in [-0.25, -0.2) is 0 Å². The lowest BCUT2D eigenvalue weighted by molar-refractivity contribution is 1.26. The molecule has 1 aliphatic rings. The van der Waals surface area contributed by atoms with Crippen LogP contribution in [-0.2, 0) is 6.42 Å². The SMILES string of the molecule is Cl.Nc1cccc2c1-c1ccccc1C2. The van der Waals surface area contributed by atoms with Crippen molar-refractivity contribution in [2.24, 2.45) is 0 Å². The van der Waals surface area contributed by atoms with Crippen LogP contribution in [0.4, 0.5) is 5.69 Å². The van der Waals surface area contributed by atoms with Crippen LogP contribution >= 0.6 is 12.4 Å². The lowest BCUT2D eigenvalue weighted by atomic mass is 10.0. The van der Waals surface area contributed by atoms with Crippen LogP contribution in [0.3, 0.4) is 0 Å². The monoisotopic (exact) mass is 217 g/mol. The molecule has 0 unspecified atom stereocenters. The molecule has 0 amide bonds. The van der Waals surface area contributed by atoms with Crippen LogP contribution in [0.1, 0.15) is 11.1 Å². The summed E-state index contributed by atoms with van der Waals surface area (Å²) in [5.74, 6) is 0. The summed E-state index contributed by atoms with van der Waals surface area (Å²) in [5, 5.41) is 0. The van der Waals surface area contributed by atoms with Crippen molar-refractivity contribution in [3.8, 4) is 11.1 Å². The number of fused-ring (bicyclic) bond motifs is 3. The molecule has 2 heteroatoms. The lowest BCUT2D eigenvalue weighted by Gasteiger charge is -2.03. The molecule has 1 nitrogen and oxygen atoms in total. The third-order valence-electron chi connectivity index (χ3n) is 2.85. The Balaban J connectivity index is 0.000000853. The lowest BCUT2D eigenvalue weighted by Crippen LogP contribution is -1.89. The van der Waals surface area contributed by atoms with E-state index < -0.39 is 0 Å². The first-order valence-electron chi connectivity index (χ1n) is 4.82. The number of nitrogen functional groups attached to an aromatic ring is 1. The first-order chi connectivity index (χ1) is 6.86. The smallest absolute Gasteiger partial charge is 0.0396 e. The summed E-state index contributed by atoms with van der Waals surface area (Å²) in [6.45, 7) is 0. The fourth-order valence-electron chi connectivity index (χ4n) is 2.22. The van der Waals surface area contributed by atoms with Gasteiger partial charge in [0.15, 0.2) is 0 Å². The molecule has 2 aromatic rings. The maximum atomic E-state index is 5.99. The third-order valence-corrected chi connectivity index (χ3v) is 2.85. The van der Waals surface area contributed by atoms with E-state index in [0.29, 0.717) is 0 Å². The highest BCUT2D eigenvalue weighted by atomic mass is 35.5. The van der Waals surface area contributed by atoms with Gasteiger partial charge >= 0.3 is 0 Å². The van der Waals surface area contributed by atoms with Crippen LogP contribution in [0.15, 0.2) is 42.5 Å². The number of hydrogen-bond donors (Lipinski definition) is 1. The minimum Gasteiger partial charge on any atom is -0.398 e. The van der Waals surface area contributed by atoms with Crippen molar-refractivity contribution in [1.82, 2.24) is 0 Å². The molecule has 0 saturated heterocycles. The van der Waals surface area contributed by atoms with Crippen LogP contribution in [-0.4, -0.2) is 0 Å². The summed E-state index contributed by atoms with van der Waals surface area (Å²) in [6, 6.07) is 14.6. The molecule has 0 bridgehead atoms. The summed E-state index contributed by atoms with van der Waals surface area (Å²) in [7, 11) is 0. The van der Waals surface area contributed by atoms with Crippen molar-refractivity contribution in [3.05, 3.63) is 53.6 Å². The molecule has 0 aromatic heterocycles. The van der Waals surface area contributed by atoms with Crippen molar-refractivity contribution in [1.29, 1.82) is 0 Å². The second-order valence-corrected chi connectivity index (χ2v) is 3.72. The zero-order chi connectivity index (χ0) is 9.54. The highest BCUT2D eigenvalue weighted by molar-refractivity contribution is 5.86. The minimum absolute atomic E-state index is 0. The van der Waals surface area contributed by atoms with Gasteiger partial charge in [0.25, 0.3) is 0 Å². The van der Waals surface area contributed by atoms with Crippen molar-refractivity contribution in [2.75, 3.05) is 5.73 Å². The van der Waals surface area contributed by atoms with Gasteiger partial charge in [-0.1, -0.05) is 36.4 Å². The van der Waals surface area contributed by atoms with Crippen molar-refractivity contribution < 1.29 is 0 Å². The molecular formula is C13H12ClN. The van der Waals surface area contributed by atoms with Crippen LogP contribution in [0.5, 0.6) is 0 Å². The second-order valence-electron chi connectivity index (χ2n) is 3.72. The molecule has 0 radical (unpaired) electrons. The number of halogens is 1. The average molecular weight is 218 g/mol. The van der Waals surface area contributed by atoms with Crippen LogP contribution in [0.2, 0.25) is 0 Å². The van der Waals surface area contributed by atoms with E-state index >= 15 is 0 Å². The number of hydrogen-bond acceptors (Lipinski definition) is 1. The van der Waals surface area contributed by atoms with E-state index in [9.17, 15) is 0 Å². The largest absolute Gasteiger partial charge is 0.398 e. The summed E-state index contributed by atoms with van der Waals surface area (Å²) < 4.78 is 0. The quantitative estimate of drug-likeness (QED) is 0.575. The predicted octanol–water partition coefficient (Wildman–Crippen LogP) is 3.26. The number of benzene rings is 2. The van der Waals surface area contributed by atoms with E-state index in [-0.39, 0.29) is 12.4 Å². The Morgan fingerprint density at radius 2 is 1.60 bits per heavy atom. The van der Waals surface area contributed by atoms with E-state index in [1.54, 1.807) is 0 Å². The summed E-state index contributed by atoms with van der Waals surface area (Å²) >= 11 is 0. The summed E-state index contributed by atoms with van der Waals surface area (Å²) in [4.78, 5) is 0. The topological polar surface area (TPSA) is 26.0 Å². The molecular weight excluding hydrogens is 206 g/mol. The van der Waals surface area contributed by atoms with Gasteiger partial charge in [0, 0.05) is 11.3 Å². The van der Waals surface area contributed by atoms with Crippen LogP contribution in [0, 0.1) is 0 Å². The van der Waals surface area contributed by atoms with E-state index in [0.717, 1.165) is 12.1 Å². The molecule has 0 spiro atoms. The Bertz CT molecular complexity index is 506. The molecule has 3 rings (SSSR count). The zero-order valence-corrected chi connectivity index (χ0v) is 9.05. The standard InChI is InChI=1S/C13H11N.ClH/c14-12-7-3-5-10-8-9-4-1-2-6-11(9)13(10)12;/h1-7H,8,14H2;1H. The van der Waals surface area contributed by atoms with Crippen LogP contribution < -0.4 is 5.73 Å². The number of rotatable bonds is 0. The number of nitrogens with two attached hydrogens (primary N) is 1. The highest BCUT2D eigenvalue weighted by Gasteiger charge is 2.18. The Morgan fingerprint density at radius 1 is 0.867 bits per heavy atom. The second kappa shape index (κ2) is 3.59. The van der Waals surface area contributed by atoms with Gasteiger partial charge in [0.1, 0.15) is 0 Å². The highest BCUT2D eigenvalue weighted by Crippen LogP contribution is 2.39. The van der Waals surface area contributed by atoms with E-state index in [1.165, 1.54) is 22.3 Å². The Kier molecular flexibility index (Phi) is 2.41. The summed E-state index contributed by atoms with van der Waals surface area (Å²) in [6.07, 6.45) is 1.02. The van der Waals surface area contributed by atoms with Crippen LogP contribution in [0.25, 0.3) is 11.1 Å². The predicted molar refractivity (Wildman–Crippen MR) is 66.3 cm³/mol. The maximum absolute atomic E-state index is 5.99. The first-order valence-corrected chi connectivity index (χ1v) is 4.82. The van der Waals surface area contributed by atoms with Gasteiger partial charge in [0.2, 0.25) is 0 Å².